The molecule has 0 atom stereocenters. The number of aromatic nitrogens is 4. The predicted octanol–water partition coefficient (Wildman–Crippen LogP) is 13.3. The van der Waals surface area contributed by atoms with Gasteiger partial charge in [-0.1, -0.05) is 174 Å². The molecule has 0 saturated carbocycles. The Bertz CT molecular complexity index is 4900. The van der Waals surface area contributed by atoms with Gasteiger partial charge in [-0.3, -0.25) is 0 Å². The molecule has 0 amide bonds. The van der Waals surface area contributed by atoms with Crippen LogP contribution >= 0.6 is 11.8 Å². The van der Waals surface area contributed by atoms with Crippen LogP contribution in [0.25, 0.3) is 66.4 Å². The Kier molecular flexibility index (Phi) is 10.5. The molecule has 13 aromatic rings. The van der Waals surface area contributed by atoms with Gasteiger partial charge in [-0.05, 0) is 194 Å². The third kappa shape index (κ3) is 6.57. The molecule has 84 heavy (non-hydrogen) atoms. The Morgan fingerprint density at radius 3 is 1.33 bits per heavy atom. The van der Waals surface area contributed by atoms with E-state index in [1.807, 2.05) is 0 Å². The molecule has 0 unspecified atom stereocenters. The van der Waals surface area contributed by atoms with Gasteiger partial charge in [0, 0.05) is 71.2 Å². The van der Waals surface area contributed by atoms with Crippen molar-refractivity contribution in [2.45, 2.75) is 106 Å². The highest BCUT2D eigenvalue weighted by Crippen LogP contribution is 2.45. The Hall–Kier alpha value is -8.23. The highest BCUT2D eigenvalue weighted by Gasteiger charge is 2.53. The van der Waals surface area contributed by atoms with Crippen LogP contribution in [0.4, 0.5) is 0 Å². The van der Waals surface area contributed by atoms with Gasteiger partial charge in [0.1, 0.15) is 0 Å². The third-order valence-corrected chi connectivity index (χ3v) is 27.1. The number of nitrogens with zero attached hydrogens (tertiary/aromatic N) is 4. The van der Waals surface area contributed by atoms with Crippen LogP contribution in [0.15, 0.2) is 210 Å². The Balaban J connectivity index is 0.988. The van der Waals surface area contributed by atoms with Gasteiger partial charge in [-0.25, -0.2) is 0 Å². The highest BCUT2D eigenvalue weighted by molar-refractivity contribution is 8.00. The molecule has 4 nitrogen and oxygen atoms in total. The molecule has 6 heterocycles. The van der Waals surface area contributed by atoms with Gasteiger partial charge in [0.15, 0.2) is 8.07 Å². The zero-order valence-electron chi connectivity index (χ0n) is 47.4. The number of hydrogen-bond donors (Lipinski definition) is 0. The van der Waals surface area contributed by atoms with E-state index in [9.17, 15) is 0 Å². The normalized spacial score (nSPS) is 16.4. The summed E-state index contributed by atoms with van der Waals surface area (Å²) >= 11 is 2.08. The molecule has 0 saturated heterocycles. The van der Waals surface area contributed by atoms with E-state index in [1.165, 1.54) is 181 Å². The minimum absolute atomic E-state index is 0.0327. The molecule has 2 aliphatic heterocycles. The molecule has 4 aromatic heterocycles. The van der Waals surface area contributed by atoms with E-state index in [-0.39, 0.29) is 6.71 Å². The van der Waals surface area contributed by atoms with E-state index in [4.69, 9.17) is 0 Å². The van der Waals surface area contributed by atoms with Crippen molar-refractivity contribution < 1.29 is 0 Å². The summed E-state index contributed by atoms with van der Waals surface area (Å²) in [5.41, 5.74) is 27.2. The van der Waals surface area contributed by atoms with Crippen LogP contribution in [0.5, 0.6) is 0 Å². The van der Waals surface area contributed by atoms with E-state index >= 15 is 0 Å². The van der Waals surface area contributed by atoms with Gasteiger partial charge >= 0.3 is 0 Å². The van der Waals surface area contributed by atoms with Crippen LogP contribution in [0.1, 0.15) is 90.0 Å². The molecule has 0 bridgehead atoms. The average Bonchev–Trinajstić information content (AvgIpc) is 0.921. The minimum atomic E-state index is -3.24. The molecule has 7 heteroatoms. The number of aryl methyl sites for hydroxylation is 4. The van der Waals surface area contributed by atoms with Gasteiger partial charge in [0.25, 0.3) is 0 Å². The standard InChI is InChI=1S/C77H63BN4SSi/c1-4-22-52(23-5-1)84(53-24-6-2-7-25-53)74-47-49(79-64-35-15-10-27-55(64)56-28-11-16-36-65(56)79)42-43-62(74)78-63-44-50(80-67-37-17-13-30-58(67)60-32-20-40-69(60)80)45-72(82-70-39-19-14-31-59(70)61-33-21-41-71(61)82)77(63)83-73-46-51(48-75(84)76(73)78)81-66-34-9-3-8-26-54(66)57-29-12-18-38-68(57)81/h1-2,4-7,10,12-15,17-19,22-25,27,29-31,35,37-39,42-48H,3,8-9,11,16,20-21,26,28,32-34,36,40-41H2. The van der Waals surface area contributed by atoms with Gasteiger partial charge in [-0.2, -0.15) is 0 Å². The molecule has 0 spiro atoms. The number of para-hydroxylation sites is 4. The molecule has 9 aromatic carbocycles. The van der Waals surface area contributed by atoms with Crippen LogP contribution in [0.2, 0.25) is 0 Å². The maximum absolute atomic E-state index is 3.24. The Labute approximate surface area is 496 Å². The van der Waals surface area contributed by atoms with Crippen molar-refractivity contribution in [3.63, 3.8) is 0 Å². The second-order valence-corrected chi connectivity index (χ2v) is 29.9. The second-order valence-electron chi connectivity index (χ2n) is 25.2. The van der Waals surface area contributed by atoms with Gasteiger partial charge in [0.2, 0.25) is 6.71 Å². The van der Waals surface area contributed by atoms with Crippen molar-refractivity contribution in [1.82, 2.24) is 18.3 Å². The molecule has 19 rings (SSSR count). The lowest BCUT2D eigenvalue weighted by molar-refractivity contribution is 0.667. The molecular weight excluding hydrogens is 1050 g/mol. The number of hydrogen-bond acceptors (Lipinski definition) is 1. The molecule has 0 radical (unpaired) electrons. The van der Waals surface area contributed by atoms with Crippen LogP contribution in [0, 0.1) is 0 Å². The lowest BCUT2D eigenvalue weighted by Gasteiger charge is -2.45. The fraction of sp³-hybridized carbons (Fsp3) is 0.195. The summed E-state index contributed by atoms with van der Waals surface area (Å²) in [5, 5.41) is 11.6. The van der Waals surface area contributed by atoms with Crippen LogP contribution in [-0.2, 0) is 51.4 Å². The van der Waals surface area contributed by atoms with E-state index in [2.05, 4.69) is 230 Å². The fourth-order valence-corrected chi connectivity index (χ4v) is 24.5. The lowest BCUT2D eigenvalue weighted by atomic mass is 9.36. The molecule has 0 N–H and O–H groups in total. The SMILES string of the molecule is c1ccc([Si]2(c3ccccc3)c3cc(-n4c5c(c6ccccc64)CCCC5)ccc3B3c4cc(-n5c6c(c7ccccc75)CCC6)cc(-n5c6c(c7ccccc75)CCC6)c4Sc4cc(-n5c6c(c7ccccc75)CCCCC6)cc2c43)cc1. The summed E-state index contributed by atoms with van der Waals surface area (Å²) in [7, 11) is -3.24. The van der Waals surface area contributed by atoms with Crippen LogP contribution in [0.3, 0.4) is 0 Å². The summed E-state index contributed by atoms with van der Waals surface area (Å²) < 4.78 is 10.9. The zero-order chi connectivity index (χ0) is 54.8. The molecule has 0 fully saturated rings. The Morgan fingerprint density at radius 1 is 0.333 bits per heavy atom. The van der Waals surface area contributed by atoms with Gasteiger partial charge in [0.05, 0.1) is 27.8 Å². The summed E-state index contributed by atoms with van der Waals surface area (Å²) in [4.78, 5) is 2.80. The monoisotopic (exact) mass is 1110 g/mol. The van der Waals surface area contributed by atoms with Crippen LogP contribution in [-0.4, -0.2) is 33.1 Å². The highest BCUT2D eigenvalue weighted by atomic mass is 32.2. The molecule has 6 aliphatic rings. The first-order chi connectivity index (χ1) is 41.7. The lowest BCUT2D eigenvalue weighted by Crippen LogP contribution is -2.87. The van der Waals surface area contributed by atoms with Crippen molar-refractivity contribution in [2.75, 3.05) is 0 Å². The van der Waals surface area contributed by atoms with E-state index in [0.717, 1.165) is 51.4 Å². The minimum Gasteiger partial charge on any atom is -0.313 e. The number of fused-ring (bicyclic) bond motifs is 16. The molecular formula is C77H63BN4SSi. The quantitative estimate of drug-likeness (QED) is 0.120. The zero-order valence-corrected chi connectivity index (χ0v) is 49.3. The first kappa shape index (κ1) is 48.2. The van der Waals surface area contributed by atoms with Crippen molar-refractivity contribution in [3.8, 4) is 22.7 Å². The fourth-order valence-electron chi connectivity index (χ4n) is 17.8. The topological polar surface area (TPSA) is 19.7 Å². The van der Waals surface area contributed by atoms with Crippen molar-refractivity contribution in [3.05, 3.63) is 245 Å². The van der Waals surface area contributed by atoms with E-state index in [1.54, 1.807) is 22.3 Å². The maximum atomic E-state index is 2.77. The maximum Gasteiger partial charge on any atom is 0.244 e. The van der Waals surface area contributed by atoms with E-state index < -0.39 is 8.07 Å². The van der Waals surface area contributed by atoms with Crippen LogP contribution < -0.4 is 37.1 Å². The van der Waals surface area contributed by atoms with Gasteiger partial charge in [-0.15, -0.1) is 0 Å². The molecule has 4 aliphatic carbocycles. The first-order valence-corrected chi connectivity index (χ1v) is 34.3. The number of rotatable bonds is 6. The summed E-state index contributed by atoms with van der Waals surface area (Å²) in [6, 6.07) is 79.9. The smallest absolute Gasteiger partial charge is 0.244 e. The van der Waals surface area contributed by atoms with Crippen molar-refractivity contribution in [2.24, 2.45) is 0 Å². The molecule has 404 valence electrons. The number of benzene rings is 9. The van der Waals surface area contributed by atoms with Crippen molar-refractivity contribution in [1.29, 1.82) is 0 Å². The van der Waals surface area contributed by atoms with E-state index in [0.29, 0.717) is 0 Å². The summed E-state index contributed by atoms with van der Waals surface area (Å²) in [6.07, 6.45) is 17.5. The summed E-state index contributed by atoms with van der Waals surface area (Å²) in [5.74, 6) is 0. The van der Waals surface area contributed by atoms with Gasteiger partial charge < -0.3 is 18.3 Å². The Morgan fingerprint density at radius 2 is 0.762 bits per heavy atom. The average molecular weight is 1120 g/mol. The predicted molar refractivity (Wildman–Crippen MR) is 355 cm³/mol. The summed E-state index contributed by atoms with van der Waals surface area (Å²) in [6.45, 7) is -0.0327. The third-order valence-electron chi connectivity index (χ3n) is 21.1. The first-order valence-electron chi connectivity index (χ1n) is 31.5. The van der Waals surface area contributed by atoms with Crippen molar-refractivity contribution >= 4 is 107 Å². The largest absolute Gasteiger partial charge is 0.313 e. The second kappa shape index (κ2) is 18.4.